The SMILES string of the molecule is Cc1c(C(O)Cc2c(Cl)cccc2Cl)cnn1C. The molecule has 3 nitrogen and oxygen atoms in total. The predicted octanol–water partition coefficient (Wildman–Crippen LogP) is 3.31. The normalized spacial score (nSPS) is 12.7. The summed E-state index contributed by atoms with van der Waals surface area (Å²) in [4.78, 5) is 0. The molecule has 0 amide bonds. The summed E-state index contributed by atoms with van der Waals surface area (Å²) in [6.07, 6.45) is 1.39. The lowest BCUT2D eigenvalue weighted by molar-refractivity contribution is 0.177. The lowest BCUT2D eigenvalue weighted by atomic mass is 10.0. The highest BCUT2D eigenvalue weighted by Gasteiger charge is 2.17. The van der Waals surface area contributed by atoms with Gasteiger partial charge in [-0.25, -0.2) is 0 Å². The van der Waals surface area contributed by atoms with Crippen LogP contribution in [0.4, 0.5) is 0 Å². The molecule has 0 radical (unpaired) electrons. The van der Waals surface area contributed by atoms with Crippen molar-refractivity contribution in [1.82, 2.24) is 9.78 Å². The molecule has 2 rings (SSSR count). The van der Waals surface area contributed by atoms with Gasteiger partial charge in [0.15, 0.2) is 0 Å². The molecule has 0 spiro atoms. The molecular weight excluding hydrogens is 271 g/mol. The number of benzene rings is 1. The summed E-state index contributed by atoms with van der Waals surface area (Å²) in [6, 6.07) is 5.33. The van der Waals surface area contributed by atoms with Crippen molar-refractivity contribution < 1.29 is 5.11 Å². The van der Waals surface area contributed by atoms with Crippen LogP contribution in [-0.2, 0) is 13.5 Å². The van der Waals surface area contributed by atoms with Gasteiger partial charge in [0.1, 0.15) is 0 Å². The Morgan fingerprint density at radius 3 is 2.44 bits per heavy atom. The molecule has 5 heteroatoms. The van der Waals surface area contributed by atoms with E-state index in [-0.39, 0.29) is 0 Å². The summed E-state index contributed by atoms with van der Waals surface area (Å²) >= 11 is 12.2. The van der Waals surface area contributed by atoms with E-state index in [1.807, 2.05) is 14.0 Å². The maximum atomic E-state index is 10.2. The number of hydrogen-bond donors (Lipinski definition) is 1. The Morgan fingerprint density at radius 2 is 1.94 bits per heavy atom. The number of nitrogens with zero attached hydrogens (tertiary/aromatic N) is 2. The summed E-state index contributed by atoms with van der Waals surface area (Å²) in [5.74, 6) is 0. The minimum Gasteiger partial charge on any atom is -0.388 e. The van der Waals surface area contributed by atoms with Crippen molar-refractivity contribution in [2.75, 3.05) is 0 Å². The largest absolute Gasteiger partial charge is 0.388 e. The van der Waals surface area contributed by atoms with Crippen molar-refractivity contribution in [3.05, 3.63) is 51.3 Å². The van der Waals surface area contributed by atoms with Gasteiger partial charge in [0.25, 0.3) is 0 Å². The lowest BCUT2D eigenvalue weighted by Gasteiger charge is -2.13. The van der Waals surface area contributed by atoms with Crippen LogP contribution in [0.3, 0.4) is 0 Å². The molecule has 0 aliphatic rings. The fourth-order valence-corrected chi connectivity index (χ4v) is 2.43. The van der Waals surface area contributed by atoms with E-state index >= 15 is 0 Å². The second-order valence-corrected chi connectivity index (χ2v) is 5.04. The van der Waals surface area contributed by atoms with Crippen molar-refractivity contribution in [3.63, 3.8) is 0 Å². The van der Waals surface area contributed by atoms with Crippen molar-refractivity contribution in [1.29, 1.82) is 0 Å². The molecule has 2 aromatic rings. The lowest BCUT2D eigenvalue weighted by Crippen LogP contribution is -2.04. The van der Waals surface area contributed by atoms with Gasteiger partial charge in [0.2, 0.25) is 0 Å². The molecule has 0 bridgehead atoms. The van der Waals surface area contributed by atoms with E-state index < -0.39 is 6.10 Å². The standard InChI is InChI=1S/C13H14Cl2N2O/c1-8-10(7-16-17(8)2)13(18)6-9-11(14)4-3-5-12(9)15/h3-5,7,13,18H,6H2,1-2H3. The maximum absolute atomic E-state index is 10.2. The van der Waals surface area contributed by atoms with E-state index in [1.54, 1.807) is 29.1 Å². The highest BCUT2D eigenvalue weighted by atomic mass is 35.5. The first-order valence-corrected chi connectivity index (χ1v) is 6.35. The number of halogens is 2. The number of aryl methyl sites for hydroxylation is 1. The third-order valence-electron chi connectivity index (χ3n) is 3.09. The molecular formula is C13H14Cl2N2O. The first kappa shape index (κ1) is 13.4. The minimum absolute atomic E-state index is 0.380. The number of aromatic nitrogens is 2. The van der Waals surface area contributed by atoms with Crippen LogP contribution in [0.15, 0.2) is 24.4 Å². The smallest absolute Gasteiger partial charge is 0.0864 e. The fourth-order valence-electron chi connectivity index (χ4n) is 1.87. The third kappa shape index (κ3) is 2.53. The van der Waals surface area contributed by atoms with Crippen molar-refractivity contribution in [2.45, 2.75) is 19.4 Å². The summed E-state index contributed by atoms with van der Waals surface area (Å²) in [5, 5.41) is 15.5. The van der Waals surface area contributed by atoms with Crippen molar-refractivity contribution in [3.8, 4) is 0 Å². The van der Waals surface area contributed by atoms with Crippen LogP contribution in [-0.4, -0.2) is 14.9 Å². The highest BCUT2D eigenvalue weighted by molar-refractivity contribution is 6.35. The second-order valence-electron chi connectivity index (χ2n) is 4.23. The molecule has 0 saturated carbocycles. The molecule has 0 saturated heterocycles. The molecule has 1 aromatic carbocycles. The van der Waals surface area contributed by atoms with Gasteiger partial charge in [-0.15, -0.1) is 0 Å². The fraction of sp³-hybridized carbons (Fsp3) is 0.308. The van der Waals surface area contributed by atoms with Crippen LogP contribution in [0.2, 0.25) is 10.0 Å². The zero-order valence-corrected chi connectivity index (χ0v) is 11.7. The van der Waals surface area contributed by atoms with Crippen molar-refractivity contribution >= 4 is 23.2 Å². The second kappa shape index (κ2) is 5.31. The van der Waals surface area contributed by atoms with E-state index in [4.69, 9.17) is 23.2 Å². The van der Waals surface area contributed by atoms with E-state index in [2.05, 4.69) is 5.10 Å². The first-order valence-electron chi connectivity index (χ1n) is 5.60. The van der Waals surface area contributed by atoms with Gasteiger partial charge in [-0.05, 0) is 24.6 Å². The maximum Gasteiger partial charge on any atom is 0.0864 e. The zero-order chi connectivity index (χ0) is 13.3. The van der Waals surface area contributed by atoms with Gasteiger partial charge < -0.3 is 5.11 Å². The summed E-state index contributed by atoms with van der Waals surface area (Å²) in [5.41, 5.74) is 2.50. The van der Waals surface area contributed by atoms with Gasteiger partial charge in [-0.3, -0.25) is 4.68 Å². The average Bonchev–Trinajstić information content (AvgIpc) is 2.65. The van der Waals surface area contributed by atoms with Crippen LogP contribution in [0.5, 0.6) is 0 Å². The number of rotatable bonds is 3. The molecule has 0 fully saturated rings. The summed E-state index contributed by atoms with van der Waals surface area (Å²) in [6.45, 7) is 1.92. The van der Waals surface area contributed by atoms with E-state index in [1.165, 1.54) is 0 Å². The summed E-state index contributed by atoms with van der Waals surface area (Å²) < 4.78 is 1.73. The van der Waals surface area contributed by atoms with Gasteiger partial charge in [-0.2, -0.15) is 5.10 Å². The minimum atomic E-state index is -0.656. The van der Waals surface area contributed by atoms with Gasteiger partial charge in [0.05, 0.1) is 12.3 Å². The molecule has 1 N–H and O–H groups in total. The Bertz CT molecular complexity index is 546. The molecule has 1 heterocycles. The van der Waals surface area contributed by atoms with Crippen molar-refractivity contribution in [2.24, 2.45) is 7.05 Å². The predicted molar refractivity (Wildman–Crippen MR) is 73.1 cm³/mol. The van der Waals surface area contributed by atoms with Gasteiger partial charge in [0, 0.05) is 34.8 Å². The van der Waals surface area contributed by atoms with E-state index in [9.17, 15) is 5.11 Å². The zero-order valence-electron chi connectivity index (χ0n) is 10.2. The molecule has 0 aliphatic heterocycles. The summed E-state index contributed by atoms with van der Waals surface area (Å²) in [7, 11) is 1.84. The van der Waals surface area contributed by atoms with E-state index in [0.717, 1.165) is 16.8 Å². The monoisotopic (exact) mass is 284 g/mol. The van der Waals surface area contributed by atoms with Crippen LogP contribution in [0.25, 0.3) is 0 Å². The van der Waals surface area contributed by atoms with Gasteiger partial charge in [-0.1, -0.05) is 29.3 Å². The Morgan fingerprint density at radius 1 is 1.33 bits per heavy atom. The molecule has 1 unspecified atom stereocenters. The van der Waals surface area contributed by atoms with E-state index in [0.29, 0.717) is 16.5 Å². The topological polar surface area (TPSA) is 38.1 Å². The molecule has 1 aromatic heterocycles. The number of aliphatic hydroxyl groups is 1. The van der Waals surface area contributed by atoms with Crippen LogP contribution >= 0.6 is 23.2 Å². The molecule has 96 valence electrons. The van der Waals surface area contributed by atoms with Crippen LogP contribution < -0.4 is 0 Å². The Labute approximate surface area is 116 Å². The van der Waals surface area contributed by atoms with Gasteiger partial charge >= 0.3 is 0 Å². The first-order chi connectivity index (χ1) is 8.50. The average molecular weight is 285 g/mol. The third-order valence-corrected chi connectivity index (χ3v) is 3.80. The Kier molecular flexibility index (Phi) is 3.95. The molecule has 1 atom stereocenters. The van der Waals surface area contributed by atoms with Crippen LogP contribution in [0.1, 0.15) is 22.9 Å². The molecule has 0 aliphatic carbocycles. The Hall–Kier alpha value is -1.03. The highest BCUT2D eigenvalue weighted by Crippen LogP contribution is 2.30. The molecule has 18 heavy (non-hydrogen) atoms. The number of aliphatic hydroxyl groups excluding tert-OH is 1. The Balaban J connectivity index is 2.27. The number of hydrogen-bond acceptors (Lipinski definition) is 2. The quantitative estimate of drug-likeness (QED) is 0.939. The van der Waals surface area contributed by atoms with Crippen LogP contribution in [0, 0.1) is 6.92 Å².